The van der Waals surface area contributed by atoms with Crippen LogP contribution < -0.4 is 0 Å². The molecule has 0 aromatic carbocycles. The predicted octanol–water partition coefficient (Wildman–Crippen LogP) is 2.28. The van der Waals surface area contributed by atoms with Crippen molar-refractivity contribution >= 4 is 49.9 Å². The van der Waals surface area contributed by atoms with E-state index in [4.69, 9.17) is 23.2 Å². The Labute approximate surface area is 75.7 Å². The molecule has 0 aliphatic heterocycles. The Hall–Kier alpha value is 1.21. The summed E-state index contributed by atoms with van der Waals surface area (Å²) in [6, 6.07) is 0. The van der Waals surface area contributed by atoms with E-state index in [0.29, 0.717) is 11.6 Å². The molecule has 2 atom stereocenters. The van der Waals surface area contributed by atoms with Crippen LogP contribution in [0.2, 0.25) is 0 Å². The fraction of sp³-hybridized carbons (Fsp3) is 1.00. The van der Waals surface area contributed by atoms with Crippen molar-refractivity contribution in [3.8, 4) is 0 Å². The first-order chi connectivity index (χ1) is 3.98. The Bertz CT molecular complexity index is 112. The summed E-state index contributed by atoms with van der Waals surface area (Å²) in [4.78, 5) is 0. The van der Waals surface area contributed by atoms with Gasteiger partial charge in [-0.05, 0) is 6.92 Å². The minimum Gasteiger partial charge on any atom is -0.257 e. The van der Waals surface area contributed by atoms with Crippen LogP contribution >= 0.6 is 39.1 Å². The molecule has 9 heavy (non-hydrogen) atoms. The van der Waals surface area contributed by atoms with Crippen molar-refractivity contribution in [2.75, 3.05) is 11.6 Å². The van der Waals surface area contributed by atoms with Gasteiger partial charge in [0.2, 0.25) is 0 Å². The Morgan fingerprint density at radius 3 is 2.33 bits per heavy atom. The van der Waals surface area contributed by atoms with E-state index in [9.17, 15) is 4.21 Å². The van der Waals surface area contributed by atoms with E-state index in [0.717, 1.165) is 0 Å². The van der Waals surface area contributed by atoms with Crippen molar-refractivity contribution < 1.29 is 4.21 Å². The first kappa shape index (κ1) is 10.2. The average molecular weight is 254 g/mol. The van der Waals surface area contributed by atoms with Gasteiger partial charge in [0.05, 0.1) is 10.8 Å². The van der Waals surface area contributed by atoms with Crippen molar-refractivity contribution in [1.82, 2.24) is 0 Å². The molecule has 56 valence electrons. The molecule has 0 fully saturated rings. The minimum absolute atomic E-state index is 0.376. The molecule has 5 heteroatoms. The van der Waals surface area contributed by atoms with Gasteiger partial charge < -0.3 is 0 Å². The van der Waals surface area contributed by atoms with Crippen LogP contribution in [-0.2, 0) is 10.8 Å². The molecular weight excluding hydrogens is 247 g/mol. The average Bonchev–Trinajstić information content (AvgIpc) is 1.64. The van der Waals surface area contributed by atoms with Crippen molar-refractivity contribution in [1.29, 1.82) is 0 Å². The molecule has 1 nitrogen and oxygen atoms in total. The summed E-state index contributed by atoms with van der Waals surface area (Å²) in [6.45, 7) is 1.64. The lowest BCUT2D eigenvalue weighted by molar-refractivity contribution is 0.681. The highest BCUT2D eigenvalue weighted by atomic mass is 79.9. The van der Waals surface area contributed by atoms with Crippen LogP contribution in [0.3, 0.4) is 0 Å². The van der Waals surface area contributed by atoms with E-state index in [1.807, 2.05) is 0 Å². The third-order valence-corrected chi connectivity index (χ3v) is 4.05. The minimum atomic E-state index is -1.09. The number of rotatable bonds is 3. The number of hydrogen-bond acceptors (Lipinski definition) is 1. The summed E-state index contributed by atoms with van der Waals surface area (Å²) >= 11 is 14.0. The van der Waals surface area contributed by atoms with Gasteiger partial charge in [0.1, 0.15) is 0 Å². The van der Waals surface area contributed by atoms with Gasteiger partial charge in [-0.2, -0.15) is 0 Å². The van der Waals surface area contributed by atoms with Gasteiger partial charge in [-0.25, -0.2) is 0 Å². The van der Waals surface area contributed by atoms with E-state index >= 15 is 0 Å². The highest BCUT2D eigenvalue weighted by Gasteiger charge is 2.23. The largest absolute Gasteiger partial charge is 0.257 e. The molecule has 0 bridgehead atoms. The second kappa shape index (κ2) is 4.16. The van der Waals surface area contributed by atoms with Crippen molar-refractivity contribution in [2.45, 2.75) is 10.0 Å². The van der Waals surface area contributed by atoms with E-state index in [1.165, 1.54) is 0 Å². The van der Waals surface area contributed by atoms with Crippen LogP contribution in [0.4, 0.5) is 0 Å². The van der Waals surface area contributed by atoms with E-state index < -0.39 is 13.9 Å². The van der Waals surface area contributed by atoms with Crippen LogP contribution in [-0.4, -0.2) is 19.0 Å². The van der Waals surface area contributed by atoms with Crippen molar-refractivity contribution in [3.63, 3.8) is 0 Å². The predicted molar refractivity (Wildman–Crippen MR) is 46.9 cm³/mol. The van der Waals surface area contributed by atoms with Gasteiger partial charge in [0.25, 0.3) is 0 Å². The second-order valence-electron chi connectivity index (χ2n) is 1.55. The van der Waals surface area contributed by atoms with Gasteiger partial charge >= 0.3 is 0 Å². The summed E-state index contributed by atoms with van der Waals surface area (Å²) in [5, 5.41) is 0. The standard InChI is InChI=1S/C4H7BrCl2OS/c1-4(5,7)9(8)3-2-6/h2-3H2,1H3. The number of hydrogen-bond donors (Lipinski definition) is 0. The lowest BCUT2D eigenvalue weighted by Crippen LogP contribution is -2.17. The zero-order valence-corrected chi connectivity index (χ0v) is 8.78. The summed E-state index contributed by atoms with van der Waals surface area (Å²) in [5.74, 6) is 0.799. The highest BCUT2D eigenvalue weighted by Crippen LogP contribution is 2.26. The lowest BCUT2D eigenvalue weighted by Gasteiger charge is -2.10. The molecule has 0 saturated carbocycles. The summed E-state index contributed by atoms with van der Waals surface area (Å²) in [7, 11) is -1.09. The van der Waals surface area contributed by atoms with Crippen LogP contribution in [0.15, 0.2) is 0 Å². The zero-order chi connectivity index (χ0) is 7.49. The Balaban J connectivity index is 3.74. The third-order valence-electron chi connectivity index (χ3n) is 0.662. The maximum atomic E-state index is 10.9. The quantitative estimate of drug-likeness (QED) is 0.706. The monoisotopic (exact) mass is 252 g/mol. The fourth-order valence-corrected chi connectivity index (χ4v) is 1.89. The molecule has 0 aliphatic rings. The highest BCUT2D eigenvalue weighted by molar-refractivity contribution is 9.12. The molecule has 0 N–H and O–H groups in total. The maximum Gasteiger partial charge on any atom is 0.170 e. The Kier molecular flexibility index (Phi) is 4.72. The van der Waals surface area contributed by atoms with Gasteiger partial charge in [-0.1, -0.05) is 27.5 Å². The van der Waals surface area contributed by atoms with E-state index in [-0.39, 0.29) is 0 Å². The molecule has 0 radical (unpaired) electrons. The molecule has 0 aromatic heterocycles. The molecular formula is C4H7BrCl2OS. The van der Waals surface area contributed by atoms with Crippen LogP contribution in [0.25, 0.3) is 0 Å². The molecule has 0 aromatic rings. The second-order valence-corrected chi connectivity index (χ2v) is 7.39. The Morgan fingerprint density at radius 2 is 2.22 bits per heavy atom. The van der Waals surface area contributed by atoms with Crippen LogP contribution in [0, 0.1) is 0 Å². The normalized spacial score (nSPS) is 20.9. The SMILES string of the molecule is CC(Cl)(Br)S(=O)CCCl. The summed E-state index contributed by atoms with van der Waals surface area (Å²) in [5.41, 5.74) is 0. The molecule has 0 saturated heterocycles. The van der Waals surface area contributed by atoms with Crippen LogP contribution in [0.1, 0.15) is 6.92 Å². The van der Waals surface area contributed by atoms with Gasteiger partial charge in [-0.15, -0.1) is 11.6 Å². The van der Waals surface area contributed by atoms with Crippen molar-refractivity contribution in [2.24, 2.45) is 0 Å². The first-order valence-electron chi connectivity index (χ1n) is 2.30. The smallest absolute Gasteiger partial charge is 0.170 e. The molecule has 0 aliphatic carbocycles. The number of alkyl halides is 3. The van der Waals surface area contributed by atoms with E-state index in [1.54, 1.807) is 6.92 Å². The summed E-state index contributed by atoms with van der Waals surface area (Å²) in [6.07, 6.45) is 0. The molecule has 0 amide bonds. The third kappa shape index (κ3) is 4.59. The fourth-order valence-electron chi connectivity index (χ4n) is 0.249. The molecule has 0 rings (SSSR count). The molecule has 2 unspecified atom stereocenters. The van der Waals surface area contributed by atoms with E-state index in [2.05, 4.69) is 15.9 Å². The van der Waals surface area contributed by atoms with Gasteiger partial charge in [0.15, 0.2) is 3.12 Å². The lowest BCUT2D eigenvalue weighted by atomic mass is 10.9. The van der Waals surface area contributed by atoms with Crippen molar-refractivity contribution in [3.05, 3.63) is 0 Å². The summed E-state index contributed by atoms with van der Waals surface area (Å²) < 4.78 is 10.1. The Morgan fingerprint density at radius 1 is 1.78 bits per heavy atom. The topological polar surface area (TPSA) is 17.1 Å². The molecule has 0 heterocycles. The number of halogens is 3. The molecule has 0 spiro atoms. The zero-order valence-electron chi connectivity index (χ0n) is 4.86. The maximum absolute atomic E-state index is 10.9. The first-order valence-corrected chi connectivity index (χ1v) is 5.33. The van der Waals surface area contributed by atoms with Gasteiger partial charge in [0, 0.05) is 11.6 Å². The van der Waals surface area contributed by atoms with Gasteiger partial charge in [-0.3, -0.25) is 4.21 Å². The van der Waals surface area contributed by atoms with Crippen LogP contribution in [0.5, 0.6) is 0 Å².